The second-order valence-corrected chi connectivity index (χ2v) is 5.06. The summed E-state index contributed by atoms with van der Waals surface area (Å²) in [4.78, 5) is 2.50. The second-order valence-electron chi connectivity index (χ2n) is 3.74. The van der Waals surface area contributed by atoms with Gasteiger partial charge in [-0.3, -0.25) is 4.90 Å². The summed E-state index contributed by atoms with van der Waals surface area (Å²) in [7, 11) is 1.00. The molecule has 15 heavy (non-hydrogen) atoms. The van der Waals surface area contributed by atoms with Crippen LogP contribution in [0.5, 0.6) is 0 Å². The first-order valence-corrected chi connectivity index (χ1v) is 6.77. The van der Waals surface area contributed by atoms with Gasteiger partial charge in [-0.25, -0.2) is 0 Å². The van der Waals surface area contributed by atoms with Crippen LogP contribution >= 0.6 is 11.8 Å². The van der Waals surface area contributed by atoms with Crippen molar-refractivity contribution in [1.82, 2.24) is 4.90 Å². The van der Waals surface area contributed by atoms with E-state index in [0.29, 0.717) is 12.1 Å². The molecular formula is C11H25NO2S. The van der Waals surface area contributed by atoms with E-state index in [1.165, 1.54) is 5.75 Å². The van der Waals surface area contributed by atoms with Gasteiger partial charge in [-0.05, 0) is 19.6 Å². The average molecular weight is 235 g/mol. The minimum Gasteiger partial charge on any atom is -0.400 e. The molecule has 92 valence electrons. The number of hydrogen-bond acceptors (Lipinski definition) is 4. The molecule has 1 heterocycles. The summed E-state index contributed by atoms with van der Waals surface area (Å²) < 4.78 is 5.70. The fourth-order valence-corrected chi connectivity index (χ4v) is 2.26. The summed E-state index contributed by atoms with van der Waals surface area (Å²) in [5.74, 6) is 2.35. The zero-order chi connectivity index (χ0) is 11.7. The maximum atomic E-state index is 7.00. The lowest BCUT2D eigenvalue weighted by atomic mass is 10.2. The number of hydrogen-bond donors (Lipinski definition) is 1. The highest BCUT2D eigenvalue weighted by Gasteiger charge is 2.21. The molecule has 0 amide bonds. The van der Waals surface area contributed by atoms with Gasteiger partial charge in [0, 0.05) is 32.0 Å². The standard InChI is InChI=1S/C10H21NOS.CH4O/c1-4-13-8-10-7-11(9(2)3)5-6-12-10;1-2/h9-10H,4-8H2,1-3H3;2H,1H3. The number of ether oxygens (including phenoxy) is 1. The molecule has 1 aliphatic heterocycles. The molecule has 1 atom stereocenters. The van der Waals surface area contributed by atoms with Gasteiger partial charge in [0.25, 0.3) is 0 Å². The molecule has 1 N–H and O–H groups in total. The Labute approximate surface area is 98.2 Å². The van der Waals surface area contributed by atoms with Gasteiger partial charge < -0.3 is 9.84 Å². The summed E-state index contributed by atoms with van der Waals surface area (Å²) >= 11 is 1.98. The van der Waals surface area contributed by atoms with Crippen molar-refractivity contribution in [2.24, 2.45) is 0 Å². The van der Waals surface area contributed by atoms with E-state index in [0.717, 1.165) is 32.6 Å². The van der Waals surface area contributed by atoms with Gasteiger partial charge in [-0.2, -0.15) is 11.8 Å². The van der Waals surface area contributed by atoms with Gasteiger partial charge in [0.15, 0.2) is 0 Å². The van der Waals surface area contributed by atoms with Crippen LogP contribution in [-0.4, -0.2) is 60.5 Å². The Hall–Kier alpha value is 0.230. The normalized spacial score (nSPS) is 22.4. The molecule has 1 aliphatic rings. The predicted octanol–water partition coefficient (Wildman–Crippen LogP) is 1.46. The number of aliphatic hydroxyl groups is 1. The SMILES string of the molecule is CCSCC1CN(C(C)C)CCO1.CO. The van der Waals surface area contributed by atoms with Gasteiger partial charge in [-0.15, -0.1) is 0 Å². The second kappa shape index (κ2) is 9.46. The lowest BCUT2D eigenvalue weighted by Gasteiger charge is -2.35. The molecule has 1 saturated heterocycles. The van der Waals surface area contributed by atoms with Crippen LogP contribution in [0.3, 0.4) is 0 Å². The van der Waals surface area contributed by atoms with Gasteiger partial charge in [0.1, 0.15) is 0 Å². The van der Waals surface area contributed by atoms with E-state index >= 15 is 0 Å². The summed E-state index contributed by atoms with van der Waals surface area (Å²) in [5, 5.41) is 7.00. The number of thioether (sulfide) groups is 1. The summed E-state index contributed by atoms with van der Waals surface area (Å²) in [6, 6.07) is 0.665. The third kappa shape index (κ3) is 6.40. The first-order valence-electron chi connectivity index (χ1n) is 5.62. The largest absolute Gasteiger partial charge is 0.400 e. The minimum atomic E-state index is 0.459. The smallest absolute Gasteiger partial charge is 0.0792 e. The van der Waals surface area contributed by atoms with Crippen molar-refractivity contribution in [3.05, 3.63) is 0 Å². The Morgan fingerprint density at radius 1 is 1.47 bits per heavy atom. The van der Waals surface area contributed by atoms with Crippen LogP contribution in [0.2, 0.25) is 0 Å². The first-order chi connectivity index (χ1) is 7.24. The molecule has 1 fully saturated rings. The molecule has 1 unspecified atom stereocenters. The fraction of sp³-hybridized carbons (Fsp3) is 1.00. The molecule has 0 aromatic heterocycles. The van der Waals surface area contributed by atoms with Gasteiger partial charge in [0.2, 0.25) is 0 Å². The molecule has 0 spiro atoms. The minimum absolute atomic E-state index is 0.459. The molecular weight excluding hydrogens is 210 g/mol. The highest BCUT2D eigenvalue weighted by molar-refractivity contribution is 7.99. The monoisotopic (exact) mass is 235 g/mol. The van der Waals surface area contributed by atoms with Crippen LogP contribution in [0, 0.1) is 0 Å². The van der Waals surface area contributed by atoms with Crippen LogP contribution in [0.15, 0.2) is 0 Å². The molecule has 0 radical (unpaired) electrons. The van der Waals surface area contributed by atoms with E-state index in [4.69, 9.17) is 9.84 Å². The summed E-state index contributed by atoms with van der Waals surface area (Å²) in [5.41, 5.74) is 0. The van der Waals surface area contributed by atoms with Crippen molar-refractivity contribution in [3.63, 3.8) is 0 Å². The Morgan fingerprint density at radius 3 is 2.67 bits per heavy atom. The van der Waals surface area contributed by atoms with E-state index in [2.05, 4.69) is 25.7 Å². The van der Waals surface area contributed by atoms with Crippen molar-refractivity contribution in [1.29, 1.82) is 0 Å². The maximum Gasteiger partial charge on any atom is 0.0792 e. The Kier molecular flexibility index (Phi) is 9.60. The molecule has 3 nitrogen and oxygen atoms in total. The third-order valence-electron chi connectivity index (χ3n) is 2.41. The zero-order valence-electron chi connectivity index (χ0n) is 10.4. The van der Waals surface area contributed by atoms with Crippen molar-refractivity contribution < 1.29 is 9.84 Å². The lowest BCUT2D eigenvalue weighted by molar-refractivity contribution is -0.0265. The van der Waals surface area contributed by atoms with Crippen LogP contribution in [0.25, 0.3) is 0 Å². The van der Waals surface area contributed by atoms with Gasteiger partial charge in [0.05, 0.1) is 12.7 Å². The topological polar surface area (TPSA) is 32.7 Å². The van der Waals surface area contributed by atoms with Crippen LogP contribution in [0.4, 0.5) is 0 Å². The van der Waals surface area contributed by atoms with Crippen molar-refractivity contribution >= 4 is 11.8 Å². The number of rotatable bonds is 4. The number of morpholine rings is 1. The molecule has 0 bridgehead atoms. The third-order valence-corrected chi connectivity index (χ3v) is 3.42. The van der Waals surface area contributed by atoms with Gasteiger partial charge in [-0.1, -0.05) is 6.92 Å². The Morgan fingerprint density at radius 2 is 2.13 bits per heavy atom. The Balaban J connectivity index is 0.000000921. The van der Waals surface area contributed by atoms with E-state index in [-0.39, 0.29) is 0 Å². The molecule has 1 rings (SSSR count). The van der Waals surface area contributed by atoms with Crippen molar-refractivity contribution in [2.75, 3.05) is 38.3 Å². The summed E-state index contributed by atoms with van der Waals surface area (Å²) in [6.07, 6.45) is 0.459. The zero-order valence-corrected chi connectivity index (χ0v) is 11.2. The maximum absolute atomic E-state index is 7.00. The van der Waals surface area contributed by atoms with Crippen LogP contribution < -0.4 is 0 Å². The van der Waals surface area contributed by atoms with E-state index < -0.39 is 0 Å². The van der Waals surface area contributed by atoms with Gasteiger partial charge >= 0.3 is 0 Å². The summed E-state index contributed by atoms with van der Waals surface area (Å²) in [6.45, 7) is 9.85. The number of aliphatic hydroxyl groups excluding tert-OH is 1. The molecule has 4 heteroatoms. The molecule has 0 saturated carbocycles. The van der Waals surface area contributed by atoms with Crippen LogP contribution in [-0.2, 0) is 4.74 Å². The fourth-order valence-electron chi connectivity index (χ4n) is 1.56. The molecule has 0 aliphatic carbocycles. The van der Waals surface area contributed by atoms with E-state index in [1.807, 2.05) is 11.8 Å². The lowest BCUT2D eigenvalue weighted by Crippen LogP contribution is -2.46. The van der Waals surface area contributed by atoms with E-state index in [9.17, 15) is 0 Å². The van der Waals surface area contributed by atoms with Crippen molar-refractivity contribution in [2.45, 2.75) is 32.9 Å². The highest BCUT2D eigenvalue weighted by Crippen LogP contribution is 2.13. The molecule has 0 aromatic carbocycles. The quantitative estimate of drug-likeness (QED) is 0.799. The first kappa shape index (κ1) is 15.2. The average Bonchev–Trinajstić information content (AvgIpc) is 2.29. The predicted molar refractivity (Wildman–Crippen MR) is 67.6 cm³/mol. The van der Waals surface area contributed by atoms with E-state index in [1.54, 1.807) is 0 Å². The van der Waals surface area contributed by atoms with Crippen molar-refractivity contribution in [3.8, 4) is 0 Å². The molecule has 0 aromatic rings. The van der Waals surface area contributed by atoms with Crippen LogP contribution in [0.1, 0.15) is 20.8 Å². The number of nitrogens with zero attached hydrogens (tertiary/aromatic N) is 1. The highest BCUT2D eigenvalue weighted by atomic mass is 32.2. The Bertz CT molecular complexity index is 145.